The molecule has 4 rings (SSSR count). The second kappa shape index (κ2) is 9.39. The van der Waals surface area contributed by atoms with E-state index < -0.39 is 14.2 Å². The Balaban J connectivity index is 1.53. The Labute approximate surface area is 193 Å². The molecule has 0 radical (unpaired) electrons. The summed E-state index contributed by atoms with van der Waals surface area (Å²) >= 11 is 0. The molecule has 11 nitrogen and oxygen atoms in total. The maximum atomic E-state index is 10.8. The van der Waals surface area contributed by atoms with Crippen LogP contribution in [0.4, 0.5) is 22.2 Å². The van der Waals surface area contributed by atoms with Crippen molar-refractivity contribution >= 4 is 42.7 Å². The Morgan fingerprint density at radius 3 is 2.73 bits per heavy atom. The van der Waals surface area contributed by atoms with Crippen molar-refractivity contribution in [2.75, 3.05) is 17.2 Å². The number of carboxylic acid groups (broad SMARTS) is 1. The van der Waals surface area contributed by atoms with Gasteiger partial charge in [0.1, 0.15) is 18.2 Å². The van der Waals surface area contributed by atoms with Crippen molar-refractivity contribution in [3.05, 3.63) is 24.7 Å². The number of fused-ring (bicyclic) bond motifs is 1. The number of rotatable bonds is 10. The van der Waals surface area contributed by atoms with E-state index in [1.165, 1.54) is 0 Å². The fourth-order valence-corrected chi connectivity index (χ4v) is 4.47. The summed E-state index contributed by atoms with van der Waals surface area (Å²) in [6, 6.07) is 3.20. The second-order valence-electron chi connectivity index (χ2n) is 9.75. The van der Waals surface area contributed by atoms with E-state index >= 15 is 0 Å². The smallest absolute Gasteiger partial charge is 0.404 e. The van der Waals surface area contributed by atoms with Gasteiger partial charge in [-0.05, 0) is 25.0 Å². The lowest BCUT2D eigenvalue weighted by molar-refractivity contribution is 0.0899. The molecule has 33 heavy (non-hydrogen) atoms. The summed E-state index contributed by atoms with van der Waals surface area (Å²) in [7, 11) is 0.696. The largest absolute Gasteiger partial charge is 0.465 e. The van der Waals surface area contributed by atoms with Gasteiger partial charge in [0.2, 0.25) is 5.95 Å². The molecule has 3 aromatic heterocycles. The SMILES string of the molecule is Cn1cc(Nc2nc(N[C@H]3C[C@H](NC(=O)O)C3)c3ccn(COCC[Si](C)(C)C)c3n2)cn1. The van der Waals surface area contributed by atoms with Gasteiger partial charge in [-0.1, -0.05) is 19.6 Å². The number of amides is 1. The van der Waals surface area contributed by atoms with Crippen LogP contribution < -0.4 is 16.0 Å². The van der Waals surface area contributed by atoms with Gasteiger partial charge in [0, 0.05) is 46.2 Å². The standard InChI is InChI=1S/C21H32N8O3Si/c1-28-12-16(11-22-28)24-20-26-18(23-14-9-15(10-14)25-21(30)31)17-5-6-29(19(17)27-20)13-32-7-8-33(2,3)4/h5-6,11-12,14-15,25H,7-10,13H2,1-4H3,(H,30,31)(H2,23,24,26,27)/t14-,15-. The molecule has 1 amide bonds. The van der Waals surface area contributed by atoms with E-state index in [4.69, 9.17) is 19.8 Å². The molecular weight excluding hydrogens is 440 g/mol. The summed E-state index contributed by atoms with van der Waals surface area (Å²) in [5.74, 6) is 1.17. The first-order valence-electron chi connectivity index (χ1n) is 11.1. The molecule has 4 N–H and O–H groups in total. The number of nitrogens with zero attached hydrogens (tertiary/aromatic N) is 5. The molecule has 0 saturated heterocycles. The van der Waals surface area contributed by atoms with Crippen LogP contribution in [0.5, 0.6) is 0 Å². The van der Waals surface area contributed by atoms with Gasteiger partial charge < -0.3 is 30.4 Å². The van der Waals surface area contributed by atoms with Crippen LogP contribution in [0.2, 0.25) is 25.7 Å². The Hall–Kier alpha value is -3.12. The third-order valence-electron chi connectivity index (χ3n) is 5.61. The second-order valence-corrected chi connectivity index (χ2v) is 15.4. The fraction of sp³-hybridized carbons (Fsp3) is 0.524. The van der Waals surface area contributed by atoms with Crippen LogP contribution >= 0.6 is 0 Å². The topological polar surface area (TPSA) is 131 Å². The molecule has 0 spiro atoms. The number of hydrogen-bond donors (Lipinski definition) is 4. The number of carbonyl (C=O) groups is 1. The first-order valence-corrected chi connectivity index (χ1v) is 14.8. The summed E-state index contributed by atoms with van der Waals surface area (Å²) in [5.41, 5.74) is 1.56. The molecule has 1 saturated carbocycles. The van der Waals surface area contributed by atoms with E-state index in [0.717, 1.165) is 29.4 Å². The molecule has 0 unspecified atom stereocenters. The van der Waals surface area contributed by atoms with Gasteiger partial charge in [-0.3, -0.25) is 4.68 Å². The lowest BCUT2D eigenvalue weighted by Gasteiger charge is -2.35. The zero-order chi connectivity index (χ0) is 23.6. The maximum Gasteiger partial charge on any atom is 0.404 e. The number of nitrogens with one attached hydrogen (secondary N) is 3. The molecular formula is C21H32N8O3Si. The van der Waals surface area contributed by atoms with Crippen molar-refractivity contribution in [3.8, 4) is 0 Å². The minimum absolute atomic E-state index is 0.0327. The van der Waals surface area contributed by atoms with Crippen molar-refractivity contribution in [1.82, 2.24) is 29.6 Å². The zero-order valence-electron chi connectivity index (χ0n) is 19.5. The van der Waals surface area contributed by atoms with Crippen LogP contribution in [0.1, 0.15) is 12.8 Å². The monoisotopic (exact) mass is 472 g/mol. The molecule has 3 aromatic rings. The van der Waals surface area contributed by atoms with E-state index in [1.54, 1.807) is 10.9 Å². The maximum absolute atomic E-state index is 10.8. The fourth-order valence-electron chi connectivity index (χ4n) is 3.71. The predicted molar refractivity (Wildman–Crippen MR) is 130 cm³/mol. The van der Waals surface area contributed by atoms with Gasteiger partial charge >= 0.3 is 6.09 Å². The molecule has 0 aliphatic heterocycles. The Kier molecular flexibility index (Phi) is 6.56. The average molecular weight is 473 g/mol. The highest BCUT2D eigenvalue weighted by Gasteiger charge is 2.31. The number of ether oxygens (including phenoxy) is 1. The van der Waals surface area contributed by atoms with E-state index in [-0.39, 0.29) is 12.1 Å². The predicted octanol–water partition coefficient (Wildman–Crippen LogP) is 3.43. The Morgan fingerprint density at radius 2 is 2.06 bits per heavy atom. The lowest BCUT2D eigenvalue weighted by Crippen LogP contribution is -2.49. The molecule has 0 bridgehead atoms. The molecule has 0 atom stereocenters. The number of anilines is 3. The Morgan fingerprint density at radius 1 is 1.27 bits per heavy atom. The Bertz CT molecular complexity index is 1120. The first kappa shape index (κ1) is 23.0. The van der Waals surface area contributed by atoms with E-state index in [9.17, 15) is 4.79 Å². The van der Waals surface area contributed by atoms with Crippen LogP contribution in [-0.4, -0.2) is 62.3 Å². The molecule has 12 heteroatoms. The zero-order valence-corrected chi connectivity index (χ0v) is 20.5. The van der Waals surface area contributed by atoms with Gasteiger partial charge in [0.15, 0.2) is 0 Å². The lowest BCUT2D eigenvalue weighted by atomic mass is 9.87. The van der Waals surface area contributed by atoms with E-state index in [1.807, 2.05) is 30.1 Å². The summed E-state index contributed by atoms with van der Waals surface area (Å²) in [4.78, 5) is 20.3. The summed E-state index contributed by atoms with van der Waals surface area (Å²) in [6.45, 7) is 8.15. The van der Waals surface area contributed by atoms with E-state index in [0.29, 0.717) is 31.3 Å². The van der Waals surface area contributed by atoms with Gasteiger partial charge in [-0.15, -0.1) is 0 Å². The van der Waals surface area contributed by atoms with Crippen LogP contribution in [0.15, 0.2) is 24.7 Å². The highest BCUT2D eigenvalue weighted by molar-refractivity contribution is 6.76. The van der Waals surface area contributed by atoms with Crippen molar-refractivity contribution < 1.29 is 14.6 Å². The highest BCUT2D eigenvalue weighted by atomic mass is 28.3. The molecule has 178 valence electrons. The minimum atomic E-state index is -1.15. The molecule has 1 aliphatic carbocycles. The van der Waals surface area contributed by atoms with Crippen molar-refractivity contribution in [1.29, 1.82) is 0 Å². The third kappa shape index (κ3) is 6.02. The van der Waals surface area contributed by atoms with Crippen LogP contribution in [0.25, 0.3) is 11.0 Å². The first-order chi connectivity index (χ1) is 15.7. The molecule has 1 fully saturated rings. The number of aryl methyl sites for hydroxylation is 1. The van der Waals surface area contributed by atoms with Gasteiger partial charge in [0.25, 0.3) is 0 Å². The van der Waals surface area contributed by atoms with Crippen molar-refractivity contribution in [2.45, 2.75) is 57.3 Å². The van der Waals surface area contributed by atoms with Crippen molar-refractivity contribution in [3.63, 3.8) is 0 Å². The highest BCUT2D eigenvalue weighted by Crippen LogP contribution is 2.29. The van der Waals surface area contributed by atoms with Gasteiger partial charge in [0.05, 0.1) is 17.3 Å². The normalized spacial score (nSPS) is 18.2. The number of hydrogen-bond acceptors (Lipinski definition) is 7. The third-order valence-corrected chi connectivity index (χ3v) is 7.32. The van der Waals surface area contributed by atoms with Crippen LogP contribution in [0.3, 0.4) is 0 Å². The summed E-state index contributed by atoms with van der Waals surface area (Å²) < 4.78 is 9.64. The minimum Gasteiger partial charge on any atom is -0.465 e. The quantitative estimate of drug-likeness (QED) is 0.261. The summed E-state index contributed by atoms with van der Waals surface area (Å²) in [6.07, 6.45) is 5.97. The summed E-state index contributed by atoms with van der Waals surface area (Å²) in [5, 5.41) is 23.2. The van der Waals surface area contributed by atoms with Crippen molar-refractivity contribution in [2.24, 2.45) is 7.05 Å². The van der Waals surface area contributed by atoms with Gasteiger partial charge in [-0.2, -0.15) is 15.1 Å². The van der Waals surface area contributed by atoms with Gasteiger partial charge in [-0.25, -0.2) is 4.79 Å². The number of aromatic nitrogens is 5. The molecule has 0 aromatic carbocycles. The van der Waals surface area contributed by atoms with Crippen LogP contribution in [0, 0.1) is 0 Å². The van der Waals surface area contributed by atoms with Crippen LogP contribution in [-0.2, 0) is 18.5 Å². The average Bonchev–Trinajstić information content (AvgIpc) is 3.28. The molecule has 1 aliphatic rings. The molecule has 3 heterocycles. The van der Waals surface area contributed by atoms with E-state index in [2.05, 4.69) is 40.7 Å².